The highest BCUT2D eigenvalue weighted by molar-refractivity contribution is 5.65. The van der Waals surface area contributed by atoms with Gasteiger partial charge in [-0.05, 0) is 37.0 Å². The molecule has 1 heterocycles. The Hall–Kier alpha value is -1.75. The third-order valence-corrected chi connectivity index (χ3v) is 4.15. The zero-order valence-corrected chi connectivity index (χ0v) is 11.8. The van der Waals surface area contributed by atoms with Crippen molar-refractivity contribution in [1.82, 2.24) is 4.90 Å². The van der Waals surface area contributed by atoms with Crippen LogP contribution in [0.2, 0.25) is 0 Å². The zero-order valence-electron chi connectivity index (χ0n) is 11.8. The molecule has 5 nitrogen and oxygen atoms in total. The molecule has 0 bridgehead atoms. The van der Waals surface area contributed by atoms with Crippen molar-refractivity contribution < 1.29 is 19.7 Å². The molecule has 0 radical (unpaired) electrons. The Balaban J connectivity index is 2.19. The summed E-state index contributed by atoms with van der Waals surface area (Å²) in [7, 11) is 1.62. The predicted octanol–water partition coefficient (Wildman–Crippen LogP) is 2.16. The average Bonchev–Trinajstić information content (AvgIpc) is 2.46. The molecule has 1 amide bonds. The first kappa shape index (κ1) is 14.7. The van der Waals surface area contributed by atoms with E-state index < -0.39 is 6.09 Å². The molecule has 3 atom stereocenters. The molecule has 20 heavy (non-hydrogen) atoms. The number of aliphatic hydroxyl groups excluding tert-OH is 1. The lowest BCUT2D eigenvalue weighted by molar-refractivity contribution is 0.0617. The maximum absolute atomic E-state index is 11.2. The first-order valence-corrected chi connectivity index (χ1v) is 6.81. The van der Waals surface area contributed by atoms with E-state index in [4.69, 9.17) is 4.74 Å². The summed E-state index contributed by atoms with van der Waals surface area (Å²) < 4.78 is 5.14. The molecule has 1 aliphatic rings. The topological polar surface area (TPSA) is 70.0 Å². The van der Waals surface area contributed by atoms with Gasteiger partial charge in [-0.1, -0.05) is 12.1 Å². The number of carboxylic acid groups (broad SMARTS) is 1. The van der Waals surface area contributed by atoms with E-state index in [0.29, 0.717) is 6.54 Å². The number of amides is 1. The number of aliphatic hydroxyl groups is 1. The fraction of sp³-hybridized carbons (Fsp3) is 0.533. The van der Waals surface area contributed by atoms with Crippen molar-refractivity contribution >= 4 is 6.09 Å². The van der Waals surface area contributed by atoms with Crippen molar-refractivity contribution in [2.24, 2.45) is 5.92 Å². The number of benzene rings is 1. The number of likely N-dealkylation sites (tertiary alicyclic amines) is 1. The second-order valence-corrected chi connectivity index (χ2v) is 5.34. The van der Waals surface area contributed by atoms with Gasteiger partial charge in [0.25, 0.3) is 0 Å². The highest BCUT2D eigenvalue weighted by Gasteiger charge is 2.36. The minimum absolute atomic E-state index is 0.00675. The Morgan fingerprint density at radius 1 is 1.40 bits per heavy atom. The minimum atomic E-state index is -0.913. The summed E-state index contributed by atoms with van der Waals surface area (Å²) >= 11 is 0. The SMILES string of the molecule is COc1ccc(C2CC(C)N(C(=O)O)CC2CO)cc1. The molecule has 2 N–H and O–H groups in total. The van der Waals surface area contributed by atoms with Gasteiger partial charge >= 0.3 is 6.09 Å². The van der Waals surface area contributed by atoms with Crippen molar-refractivity contribution in [2.75, 3.05) is 20.3 Å². The summed E-state index contributed by atoms with van der Waals surface area (Å²) in [5.41, 5.74) is 1.13. The molecule has 110 valence electrons. The van der Waals surface area contributed by atoms with Crippen LogP contribution in [0.4, 0.5) is 4.79 Å². The highest BCUT2D eigenvalue weighted by Crippen LogP contribution is 2.36. The molecule has 1 aromatic rings. The van der Waals surface area contributed by atoms with Crippen LogP contribution in [-0.4, -0.2) is 47.5 Å². The number of hydrogen-bond donors (Lipinski definition) is 2. The molecule has 3 unspecified atom stereocenters. The van der Waals surface area contributed by atoms with E-state index in [1.54, 1.807) is 7.11 Å². The fourth-order valence-electron chi connectivity index (χ4n) is 2.96. The Morgan fingerprint density at radius 2 is 2.05 bits per heavy atom. The van der Waals surface area contributed by atoms with Crippen LogP contribution in [0, 0.1) is 5.92 Å². The number of nitrogens with zero attached hydrogens (tertiary/aromatic N) is 1. The molecular formula is C15H21NO4. The number of piperidine rings is 1. The summed E-state index contributed by atoms with van der Waals surface area (Å²) in [6.45, 7) is 2.29. The van der Waals surface area contributed by atoms with Crippen LogP contribution < -0.4 is 4.74 Å². The molecule has 2 rings (SSSR count). The summed E-state index contributed by atoms with van der Waals surface area (Å²) in [5.74, 6) is 0.914. The van der Waals surface area contributed by atoms with Gasteiger partial charge in [-0.2, -0.15) is 0 Å². The van der Waals surface area contributed by atoms with Gasteiger partial charge in [0.1, 0.15) is 5.75 Å². The van der Waals surface area contributed by atoms with Crippen LogP contribution >= 0.6 is 0 Å². The molecule has 0 saturated carbocycles. The van der Waals surface area contributed by atoms with Gasteiger partial charge in [-0.15, -0.1) is 0 Å². The monoisotopic (exact) mass is 279 g/mol. The van der Waals surface area contributed by atoms with E-state index in [-0.39, 0.29) is 24.5 Å². The second-order valence-electron chi connectivity index (χ2n) is 5.34. The van der Waals surface area contributed by atoms with Crippen molar-refractivity contribution in [3.63, 3.8) is 0 Å². The summed E-state index contributed by atoms with van der Waals surface area (Å²) in [6, 6.07) is 7.75. The number of rotatable bonds is 3. The van der Waals surface area contributed by atoms with Crippen LogP contribution in [0.5, 0.6) is 5.75 Å². The first-order chi connectivity index (χ1) is 9.56. The third kappa shape index (κ3) is 2.88. The molecule has 1 fully saturated rings. The normalized spacial score (nSPS) is 26.4. The number of methoxy groups -OCH3 is 1. The Morgan fingerprint density at radius 3 is 2.55 bits per heavy atom. The number of hydrogen-bond acceptors (Lipinski definition) is 3. The smallest absolute Gasteiger partial charge is 0.407 e. The van der Waals surface area contributed by atoms with Crippen LogP contribution in [0.1, 0.15) is 24.8 Å². The molecular weight excluding hydrogens is 258 g/mol. The van der Waals surface area contributed by atoms with E-state index in [2.05, 4.69) is 0 Å². The average molecular weight is 279 g/mol. The van der Waals surface area contributed by atoms with Gasteiger partial charge in [-0.25, -0.2) is 4.79 Å². The van der Waals surface area contributed by atoms with Crippen molar-refractivity contribution in [3.8, 4) is 5.75 Å². The predicted molar refractivity (Wildman–Crippen MR) is 75.1 cm³/mol. The quantitative estimate of drug-likeness (QED) is 0.889. The largest absolute Gasteiger partial charge is 0.497 e. The van der Waals surface area contributed by atoms with E-state index in [1.807, 2.05) is 31.2 Å². The standard InChI is InChI=1S/C15H21NO4/c1-10-7-14(11-3-5-13(20-2)6-4-11)12(9-17)8-16(10)15(18)19/h3-6,10,12,14,17H,7-9H2,1-2H3,(H,18,19). The second kappa shape index (κ2) is 6.13. The van der Waals surface area contributed by atoms with E-state index in [1.165, 1.54) is 4.90 Å². The van der Waals surface area contributed by atoms with Gasteiger partial charge in [0.05, 0.1) is 7.11 Å². The lowest BCUT2D eigenvalue weighted by Crippen LogP contribution is -2.48. The van der Waals surface area contributed by atoms with E-state index >= 15 is 0 Å². The molecule has 1 aliphatic heterocycles. The van der Waals surface area contributed by atoms with Gasteiger partial charge in [0.2, 0.25) is 0 Å². The number of ether oxygens (including phenoxy) is 1. The fourth-order valence-corrected chi connectivity index (χ4v) is 2.96. The van der Waals surface area contributed by atoms with Crippen LogP contribution in [-0.2, 0) is 0 Å². The van der Waals surface area contributed by atoms with Crippen molar-refractivity contribution in [1.29, 1.82) is 0 Å². The van der Waals surface area contributed by atoms with Gasteiger partial charge in [0.15, 0.2) is 0 Å². The summed E-state index contributed by atoms with van der Waals surface area (Å²) in [6.07, 6.45) is -0.187. The zero-order chi connectivity index (χ0) is 14.7. The summed E-state index contributed by atoms with van der Waals surface area (Å²) in [5, 5.41) is 18.7. The van der Waals surface area contributed by atoms with Crippen LogP contribution in [0.15, 0.2) is 24.3 Å². The molecule has 1 aromatic carbocycles. The lowest BCUT2D eigenvalue weighted by Gasteiger charge is -2.41. The first-order valence-electron chi connectivity index (χ1n) is 6.81. The summed E-state index contributed by atoms with van der Waals surface area (Å²) in [4.78, 5) is 12.6. The van der Waals surface area contributed by atoms with Gasteiger partial charge < -0.3 is 19.8 Å². The van der Waals surface area contributed by atoms with Crippen LogP contribution in [0.3, 0.4) is 0 Å². The van der Waals surface area contributed by atoms with E-state index in [9.17, 15) is 15.0 Å². The molecule has 0 spiro atoms. The Labute approximate surface area is 118 Å². The van der Waals surface area contributed by atoms with Crippen LogP contribution in [0.25, 0.3) is 0 Å². The van der Waals surface area contributed by atoms with Crippen molar-refractivity contribution in [2.45, 2.75) is 25.3 Å². The highest BCUT2D eigenvalue weighted by atomic mass is 16.5. The Bertz CT molecular complexity index is 459. The molecule has 0 aromatic heterocycles. The van der Waals surface area contributed by atoms with Gasteiger partial charge in [0, 0.05) is 25.1 Å². The van der Waals surface area contributed by atoms with Gasteiger partial charge in [-0.3, -0.25) is 0 Å². The lowest BCUT2D eigenvalue weighted by atomic mass is 9.78. The third-order valence-electron chi connectivity index (χ3n) is 4.15. The Kier molecular flexibility index (Phi) is 4.49. The molecule has 0 aliphatic carbocycles. The minimum Gasteiger partial charge on any atom is -0.497 e. The molecule has 5 heteroatoms. The number of carbonyl (C=O) groups is 1. The maximum Gasteiger partial charge on any atom is 0.407 e. The maximum atomic E-state index is 11.2. The molecule has 1 saturated heterocycles. The van der Waals surface area contributed by atoms with E-state index in [0.717, 1.165) is 17.7 Å². The van der Waals surface area contributed by atoms with Crippen molar-refractivity contribution in [3.05, 3.63) is 29.8 Å².